The molecule has 0 atom stereocenters. The molecule has 4 nitrogen and oxygen atoms in total. The summed E-state index contributed by atoms with van der Waals surface area (Å²) in [6.45, 7) is 12.2. The fraction of sp³-hybridized carbons (Fsp3) is 0.455. The first-order valence-electron chi connectivity index (χ1n) is 4.65. The smallest absolute Gasteiger partial charge is 0.246 e. The Bertz CT molecular complexity index is 245. The van der Waals surface area contributed by atoms with Gasteiger partial charge in [0.1, 0.15) is 0 Å². The van der Waals surface area contributed by atoms with E-state index in [4.69, 9.17) is 0 Å². The summed E-state index contributed by atoms with van der Waals surface area (Å²) in [4.78, 5) is 20.7. The molecule has 0 aromatic heterocycles. The van der Waals surface area contributed by atoms with E-state index in [1.807, 2.05) is 13.8 Å². The van der Waals surface area contributed by atoms with Crippen molar-refractivity contribution in [3.8, 4) is 0 Å². The predicted molar refractivity (Wildman–Crippen MR) is 62.4 cm³/mol. The Morgan fingerprint density at radius 1 is 1.33 bits per heavy atom. The van der Waals surface area contributed by atoms with Gasteiger partial charge >= 0.3 is 0 Å². The van der Waals surface area contributed by atoms with E-state index in [1.165, 1.54) is 6.08 Å². The molecule has 15 heavy (non-hydrogen) atoms. The van der Waals surface area contributed by atoms with Gasteiger partial charge in [-0.2, -0.15) is 0 Å². The number of nitrogens with one attached hydrogen (secondary N) is 2. The summed E-state index contributed by atoms with van der Waals surface area (Å²) in [6, 6.07) is 0.209. The van der Waals surface area contributed by atoms with E-state index in [0.29, 0.717) is 5.57 Å². The first-order chi connectivity index (χ1) is 6.84. The second-order valence-electron chi connectivity index (χ2n) is 3.23. The van der Waals surface area contributed by atoms with Crippen molar-refractivity contribution in [2.24, 2.45) is 0 Å². The van der Waals surface area contributed by atoms with Crippen molar-refractivity contribution in [3.63, 3.8) is 0 Å². The van der Waals surface area contributed by atoms with E-state index >= 15 is 0 Å². The van der Waals surface area contributed by atoms with E-state index in [0.717, 1.165) is 0 Å². The van der Waals surface area contributed by atoms with E-state index < -0.39 is 0 Å². The van der Waals surface area contributed by atoms with Crippen LogP contribution in [0.2, 0.25) is 0 Å². The molecule has 0 aromatic carbocycles. The highest BCUT2D eigenvalue weighted by atomic mass is 16.2. The average molecular weight is 212 g/mol. The average Bonchev–Trinajstić information content (AvgIpc) is 2.16. The maximum absolute atomic E-state index is 10.4. The summed E-state index contributed by atoms with van der Waals surface area (Å²) < 4.78 is 0. The molecule has 0 aliphatic carbocycles. The summed E-state index contributed by atoms with van der Waals surface area (Å²) in [5.41, 5.74) is 0.544. The maximum atomic E-state index is 10.4. The molecular weight excluding hydrogens is 192 g/mol. The quantitative estimate of drug-likeness (QED) is 0.686. The molecule has 0 radical (unpaired) electrons. The molecule has 2 N–H and O–H groups in total. The molecular formula is C11H20N2O2. The van der Waals surface area contributed by atoms with Crippen LogP contribution in [0.3, 0.4) is 0 Å². The van der Waals surface area contributed by atoms with Crippen molar-refractivity contribution in [2.75, 3.05) is 7.05 Å². The molecule has 0 aliphatic rings. The molecule has 0 bridgehead atoms. The molecule has 0 aliphatic heterocycles. The summed E-state index contributed by atoms with van der Waals surface area (Å²) in [7, 11) is 1.58. The van der Waals surface area contributed by atoms with Crippen molar-refractivity contribution in [2.45, 2.75) is 26.8 Å². The number of hydrogen-bond acceptors (Lipinski definition) is 2. The zero-order valence-electron chi connectivity index (χ0n) is 9.89. The lowest BCUT2D eigenvalue weighted by molar-refractivity contribution is -0.117. The lowest BCUT2D eigenvalue weighted by Crippen LogP contribution is -2.27. The van der Waals surface area contributed by atoms with Crippen LogP contribution in [-0.4, -0.2) is 24.9 Å². The van der Waals surface area contributed by atoms with Crippen LogP contribution in [0.4, 0.5) is 0 Å². The van der Waals surface area contributed by atoms with E-state index in [1.54, 1.807) is 14.0 Å². The third-order valence-corrected chi connectivity index (χ3v) is 1.23. The van der Waals surface area contributed by atoms with Crippen LogP contribution in [0.1, 0.15) is 20.8 Å². The maximum Gasteiger partial charge on any atom is 0.246 e. The van der Waals surface area contributed by atoms with Crippen LogP contribution < -0.4 is 10.6 Å². The number of rotatable bonds is 3. The summed E-state index contributed by atoms with van der Waals surface area (Å²) in [5, 5.41) is 5.06. The zero-order chi connectivity index (χ0) is 12.4. The lowest BCUT2D eigenvalue weighted by atomic mass is 10.3. The molecule has 2 amide bonds. The Hall–Kier alpha value is -1.58. The highest BCUT2D eigenvalue weighted by Crippen LogP contribution is 1.81. The van der Waals surface area contributed by atoms with Gasteiger partial charge in [0.15, 0.2) is 0 Å². The summed E-state index contributed by atoms with van der Waals surface area (Å²) >= 11 is 0. The zero-order valence-corrected chi connectivity index (χ0v) is 9.89. The number of likely N-dealkylation sites (N-methyl/N-ethyl adjacent to an activating group) is 1. The van der Waals surface area contributed by atoms with Gasteiger partial charge in [0.05, 0.1) is 0 Å². The van der Waals surface area contributed by atoms with Crippen molar-refractivity contribution >= 4 is 11.8 Å². The van der Waals surface area contributed by atoms with Crippen LogP contribution in [0.15, 0.2) is 24.8 Å². The molecule has 0 saturated heterocycles. The highest BCUT2D eigenvalue weighted by molar-refractivity contribution is 5.91. The van der Waals surface area contributed by atoms with Crippen molar-refractivity contribution in [1.82, 2.24) is 10.6 Å². The number of carbonyl (C=O) groups excluding carboxylic acids is 2. The number of carbonyl (C=O) groups is 2. The van der Waals surface area contributed by atoms with Crippen LogP contribution >= 0.6 is 0 Å². The SMILES string of the molecule is C=C(C)C(=O)NC.C=CC(=O)NC(C)C. The third kappa shape index (κ3) is 12.4. The second kappa shape index (κ2) is 8.99. The van der Waals surface area contributed by atoms with Crippen molar-refractivity contribution < 1.29 is 9.59 Å². The first-order valence-corrected chi connectivity index (χ1v) is 4.65. The fourth-order valence-corrected chi connectivity index (χ4v) is 0.557. The highest BCUT2D eigenvalue weighted by Gasteiger charge is 1.93. The monoisotopic (exact) mass is 212 g/mol. The molecule has 0 unspecified atom stereocenters. The Morgan fingerprint density at radius 3 is 1.87 bits per heavy atom. The van der Waals surface area contributed by atoms with Crippen LogP contribution in [-0.2, 0) is 9.59 Å². The van der Waals surface area contributed by atoms with Crippen LogP contribution in [0, 0.1) is 0 Å². The minimum absolute atomic E-state index is 0.0972. The van der Waals surface area contributed by atoms with Gasteiger partial charge in [-0.25, -0.2) is 0 Å². The van der Waals surface area contributed by atoms with Gasteiger partial charge in [-0.15, -0.1) is 0 Å². The number of amides is 2. The first kappa shape index (κ1) is 15.9. The van der Waals surface area contributed by atoms with Gasteiger partial charge in [0.25, 0.3) is 0 Å². The Morgan fingerprint density at radius 2 is 1.80 bits per heavy atom. The third-order valence-electron chi connectivity index (χ3n) is 1.23. The lowest BCUT2D eigenvalue weighted by Gasteiger charge is -2.02. The number of hydrogen-bond donors (Lipinski definition) is 2. The van der Waals surface area contributed by atoms with Crippen molar-refractivity contribution in [3.05, 3.63) is 24.8 Å². The minimum Gasteiger partial charge on any atom is -0.355 e. The molecule has 0 heterocycles. The molecule has 0 aromatic rings. The molecule has 86 valence electrons. The minimum atomic E-state index is -0.111. The summed E-state index contributed by atoms with van der Waals surface area (Å²) in [6.07, 6.45) is 1.26. The standard InChI is InChI=1S/C6H11NO.C5H9NO/c1-4-6(8)7-5(2)3;1-4(2)5(7)6-3/h4-5H,1H2,2-3H3,(H,7,8);1H2,2-3H3,(H,6,7). The Balaban J connectivity index is 0. The second-order valence-corrected chi connectivity index (χ2v) is 3.23. The van der Waals surface area contributed by atoms with E-state index in [2.05, 4.69) is 23.8 Å². The Labute approximate surface area is 91.4 Å². The fourth-order valence-electron chi connectivity index (χ4n) is 0.557. The molecule has 4 heteroatoms. The van der Waals surface area contributed by atoms with Gasteiger partial charge in [0.2, 0.25) is 11.8 Å². The topological polar surface area (TPSA) is 58.2 Å². The van der Waals surface area contributed by atoms with Gasteiger partial charge in [-0.1, -0.05) is 13.2 Å². The van der Waals surface area contributed by atoms with Crippen LogP contribution in [0.25, 0.3) is 0 Å². The van der Waals surface area contributed by atoms with E-state index in [-0.39, 0.29) is 17.9 Å². The van der Waals surface area contributed by atoms with Crippen molar-refractivity contribution in [1.29, 1.82) is 0 Å². The predicted octanol–water partition coefficient (Wildman–Crippen LogP) is 1.01. The largest absolute Gasteiger partial charge is 0.355 e. The molecule has 0 fully saturated rings. The van der Waals surface area contributed by atoms with Gasteiger partial charge in [0, 0.05) is 18.7 Å². The molecule has 0 saturated carbocycles. The summed E-state index contributed by atoms with van der Waals surface area (Å²) in [5.74, 6) is -0.208. The van der Waals surface area contributed by atoms with Gasteiger partial charge in [-0.05, 0) is 26.8 Å². The molecule has 0 rings (SSSR count). The van der Waals surface area contributed by atoms with Crippen LogP contribution in [0.5, 0.6) is 0 Å². The Kier molecular flexibility index (Phi) is 9.52. The normalized spacial score (nSPS) is 8.33. The van der Waals surface area contributed by atoms with Gasteiger partial charge in [-0.3, -0.25) is 9.59 Å². The van der Waals surface area contributed by atoms with E-state index in [9.17, 15) is 9.59 Å². The molecule has 0 spiro atoms. The van der Waals surface area contributed by atoms with Gasteiger partial charge < -0.3 is 10.6 Å².